The fraction of sp³-hybridized carbons (Fsp3) is 0.200. The molecular formula is C15H15BrFNO. The van der Waals surface area contributed by atoms with Gasteiger partial charge in [0.25, 0.3) is 0 Å². The Hall–Kier alpha value is -1.39. The number of nitrogens with one attached hydrogen (secondary N) is 1. The predicted octanol–water partition coefficient (Wildman–Crippen LogP) is 3.76. The quantitative estimate of drug-likeness (QED) is 0.817. The van der Waals surface area contributed by atoms with Crippen molar-refractivity contribution < 1.29 is 9.13 Å². The number of ether oxygens (including phenoxy) is 1. The van der Waals surface area contributed by atoms with Crippen molar-refractivity contribution in [1.82, 2.24) is 5.32 Å². The molecule has 0 atom stereocenters. The van der Waals surface area contributed by atoms with Gasteiger partial charge in [0.05, 0.1) is 0 Å². The first-order valence-corrected chi connectivity index (χ1v) is 6.87. The molecule has 0 saturated carbocycles. The van der Waals surface area contributed by atoms with Crippen molar-refractivity contribution in [3.8, 4) is 5.75 Å². The summed E-state index contributed by atoms with van der Waals surface area (Å²) in [7, 11) is 0. The highest BCUT2D eigenvalue weighted by molar-refractivity contribution is 9.10. The van der Waals surface area contributed by atoms with Crippen LogP contribution in [0.15, 0.2) is 53.0 Å². The Morgan fingerprint density at radius 3 is 2.37 bits per heavy atom. The van der Waals surface area contributed by atoms with Gasteiger partial charge in [-0.15, -0.1) is 0 Å². The summed E-state index contributed by atoms with van der Waals surface area (Å²) < 4.78 is 19.3. The molecule has 0 fully saturated rings. The van der Waals surface area contributed by atoms with Gasteiger partial charge < -0.3 is 10.1 Å². The minimum absolute atomic E-state index is 0.206. The van der Waals surface area contributed by atoms with Crippen molar-refractivity contribution in [2.24, 2.45) is 0 Å². The van der Waals surface area contributed by atoms with E-state index in [1.54, 1.807) is 12.1 Å². The lowest BCUT2D eigenvalue weighted by Gasteiger charge is -2.07. The first-order chi connectivity index (χ1) is 9.24. The topological polar surface area (TPSA) is 21.3 Å². The van der Waals surface area contributed by atoms with Gasteiger partial charge in [-0.05, 0) is 42.0 Å². The summed E-state index contributed by atoms with van der Waals surface area (Å²) >= 11 is 3.37. The normalized spacial score (nSPS) is 10.4. The Kier molecular flexibility index (Phi) is 5.36. The zero-order valence-electron chi connectivity index (χ0n) is 10.4. The fourth-order valence-corrected chi connectivity index (χ4v) is 1.87. The standard InChI is InChI=1S/C15H15BrFNO/c16-13-3-7-15(8-4-13)19-10-9-18-11-12-1-5-14(17)6-2-12/h1-8,18H,9-11H2. The lowest BCUT2D eigenvalue weighted by atomic mass is 10.2. The molecule has 0 unspecified atom stereocenters. The van der Waals surface area contributed by atoms with E-state index in [4.69, 9.17) is 4.74 Å². The van der Waals surface area contributed by atoms with Crippen LogP contribution < -0.4 is 10.1 Å². The van der Waals surface area contributed by atoms with Crippen molar-refractivity contribution >= 4 is 15.9 Å². The van der Waals surface area contributed by atoms with Crippen LogP contribution in [0, 0.1) is 5.82 Å². The molecule has 19 heavy (non-hydrogen) atoms. The molecule has 0 bridgehead atoms. The third-order valence-corrected chi connectivity index (χ3v) is 3.13. The molecule has 0 aliphatic heterocycles. The highest BCUT2D eigenvalue weighted by atomic mass is 79.9. The molecule has 0 aliphatic carbocycles. The maximum absolute atomic E-state index is 12.7. The van der Waals surface area contributed by atoms with E-state index in [1.165, 1.54) is 12.1 Å². The second-order valence-electron chi connectivity index (χ2n) is 4.11. The van der Waals surface area contributed by atoms with Gasteiger partial charge >= 0.3 is 0 Å². The number of hydrogen-bond acceptors (Lipinski definition) is 2. The van der Waals surface area contributed by atoms with Crippen molar-refractivity contribution in [2.75, 3.05) is 13.2 Å². The lowest BCUT2D eigenvalue weighted by Crippen LogP contribution is -2.20. The van der Waals surface area contributed by atoms with Crippen LogP contribution >= 0.6 is 15.9 Å². The molecule has 2 nitrogen and oxygen atoms in total. The van der Waals surface area contributed by atoms with E-state index < -0.39 is 0 Å². The van der Waals surface area contributed by atoms with Crippen molar-refractivity contribution in [3.63, 3.8) is 0 Å². The molecule has 100 valence electrons. The Morgan fingerprint density at radius 1 is 1.00 bits per heavy atom. The molecule has 0 saturated heterocycles. The molecule has 4 heteroatoms. The van der Waals surface area contributed by atoms with E-state index in [0.29, 0.717) is 13.2 Å². The molecule has 0 aromatic heterocycles. The van der Waals surface area contributed by atoms with Crippen LogP contribution in [0.3, 0.4) is 0 Å². The molecule has 0 aliphatic rings. The Bertz CT molecular complexity index is 451. The third-order valence-electron chi connectivity index (χ3n) is 2.60. The minimum Gasteiger partial charge on any atom is -0.492 e. The average Bonchev–Trinajstić information content (AvgIpc) is 2.43. The summed E-state index contributed by atoms with van der Waals surface area (Å²) in [5.74, 6) is 0.647. The zero-order valence-corrected chi connectivity index (χ0v) is 12.0. The van der Waals surface area contributed by atoms with E-state index >= 15 is 0 Å². The van der Waals surface area contributed by atoms with Crippen LogP contribution in [0.4, 0.5) is 4.39 Å². The van der Waals surface area contributed by atoms with Gasteiger partial charge in [-0.1, -0.05) is 28.1 Å². The van der Waals surface area contributed by atoms with Crippen LogP contribution in [-0.4, -0.2) is 13.2 Å². The van der Waals surface area contributed by atoms with E-state index in [0.717, 1.165) is 22.3 Å². The molecule has 0 heterocycles. The second-order valence-corrected chi connectivity index (χ2v) is 5.02. The van der Waals surface area contributed by atoms with Crippen LogP contribution in [-0.2, 0) is 6.54 Å². The zero-order chi connectivity index (χ0) is 13.5. The summed E-state index contributed by atoms with van der Waals surface area (Å²) in [5, 5.41) is 3.25. The maximum Gasteiger partial charge on any atom is 0.123 e. The molecule has 0 spiro atoms. The second kappa shape index (κ2) is 7.26. The molecule has 1 N–H and O–H groups in total. The summed E-state index contributed by atoms with van der Waals surface area (Å²) in [6.07, 6.45) is 0. The van der Waals surface area contributed by atoms with E-state index in [1.807, 2.05) is 24.3 Å². The number of hydrogen-bond donors (Lipinski definition) is 1. The molecule has 0 amide bonds. The molecule has 2 aromatic rings. The Balaban J connectivity index is 1.64. The largest absolute Gasteiger partial charge is 0.492 e. The van der Waals surface area contributed by atoms with Gasteiger partial charge in [-0.3, -0.25) is 0 Å². The van der Waals surface area contributed by atoms with E-state index in [2.05, 4.69) is 21.2 Å². The van der Waals surface area contributed by atoms with Gasteiger partial charge in [0, 0.05) is 17.6 Å². The van der Waals surface area contributed by atoms with Crippen molar-refractivity contribution in [2.45, 2.75) is 6.54 Å². The van der Waals surface area contributed by atoms with Gasteiger partial charge in [0.1, 0.15) is 18.2 Å². The average molecular weight is 324 g/mol. The smallest absolute Gasteiger partial charge is 0.123 e. The first-order valence-electron chi connectivity index (χ1n) is 6.07. The summed E-state index contributed by atoms with van der Waals surface area (Å²) in [4.78, 5) is 0. The van der Waals surface area contributed by atoms with Crippen LogP contribution in [0.2, 0.25) is 0 Å². The lowest BCUT2D eigenvalue weighted by molar-refractivity contribution is 0.313. The monoisotopic (exact) mass is 323 g/mol. The minimum atomic E-state index is -0.206. The fourth-order valence-electron chi connectivity index (χ4n) is 1.61. The van der Waals surface area contributed by atoms with Crippen LogP contribution in [0.5, 0.6) is 5.75 Å². The Morgan fingerprint density at radius 2 is 1.68 bits per heavy atom. The van der Waals surface area contributed by atoms with Crippen LogP contribution in [0.25, 0.3) is 0 Å². The van der Waals surface area contributed by atoms with Crippen molar-refractivity contribution in [3.05, 3.63) is 64.4 Å². The molecule has 0 radical (unpaired) electrons. The van der Waals surface area contributed by atoms with E-state index in [9.17, 15) is 4.39 Å². The predicted molar refractivity (Wildman–Crippen MR) is 77.7 cm³/mol. The highest BCUT2D eigenvalue weighted by Gasteiger charge is 1.95. The van der Waals surface area contributed by atoms with Gasteiger partial charge in [-0.25, -0.2) is 4.39 Å². The summed E-state index contributed by atoms with van der Waals surface area (Å²) in [6, 6.07) is 14.2. The summed E-state index contributed by atoms with van der Waals surface area (Å²) in [6.45, 7) is 2.06. The highest BCUT2D eigenvalue weighted by Crippen LogP contribution is 2.15. The first kappa shape index (κ1) is 14.0. The molecule has 2 rings (SSSR count). The van der Waals surface area contributed by atoms with Gasteiger partial charge in [0.15, 0.2) is 0 Å². The molecular weight excluding hydrogens is 309 g/mol. The summed E-state index contributed by atoms with van der Waals surface area (Å²) in [5.41, 5.74) is 1.06. The van der Waals surface area contributed by atoms with Crippen LogP contribution in [0.1, 0.15) is 5.56 Å². The number of benzene rings is 2. The van der Waals surface area contributed by atoms with E-state index in [-0.39, 0.29) is 5.82 Å². The van der Waals surface area contributed by atoms with Gasteiger partial charge in [0.2, 0.25) is 0 Å². The molecule has 2 aromatic carbocycles. The third kappa shape index (κ3) is 5.01. The number of rotatable bonds is 6. The van der Waals surface area contributed by atoms with Gasteiger partial charge in [-0.2, -0.15) is 0 Å². The number of halogens is 2. The maximum atomic E-state index is 12.7. The van der Waals surface area contributed by atoms with Crippen molar-refractivity contribution in [1.29, 1.82) is 0 Å². The SMILES string of the molecule is Fc1ccc(CNCCOc2ccc(Br)cc2)cc1. The Labute approximate surface area is 120 Å².